The Hall–Kier alpha value is -3.52. The molecule has 0 aliphatic rings. The van der Waals surface area contributed by atoms with E-state index >= 15 is 0 Å². The third-order valence-electron chi connectivity index (χ3n) is 4.44. The highest BCUT2D eigenvalue weighted by Crippen LogP contribution is 2.37. The average Bonchev–Trinajstić information content (AvgIpc) is 3.08. The molecule has 0 saturated heterocycles. The molecule has 0 fully saturated rings. The summed E-state index contributed by atoms with van der Waals surface area (Å²) in [6.07, 6.45) is -1.29. The van der Waals surface area contributed by atoms with Crippen LogP contribution < -0.4 is 10.6 Å². The second-order valence-corrected chi connectivity index (χ2v) is 6.84. The first-order valence-electron chi connectivity index (χ1n) is 8.79. The molecule has 4 aromatic rings. The summed E-state index contributed by atoms with van der Waals surface area (Å²) in [4.78, 5) is 19.8. The SMILES string of the molecule is O=C(Nc1cccc(C(F)(F)F)c1)Nc1c(-c2ccncc2)[nH]c2c(Cl)cccc12. The van der Waals surface area contributed by atoms with Gasteiger partial charge in [-0.05, 0) is 36.4 Å². The van der Waals surface area contributed by atoms with Crippen molar-refractivity contribution in [1.29, 1.82) is 0 Å². The summed E-state index contributed by atoms with van der Waals surface area (Å²) in [7, 11) is 0. The van der Waals surface area contributed by atoms with Gasteiger partial charge >= 0.3 is 12.2 Å². The van der Waals surface area contributed by atoms with Crippen LogP contribution in [-0.2, 0) is 6.18 Å². The van der Waals surface area contributed by atoms with Gasteiger partial charge in [-0.25, -0.2) is 4.79 Å². The number of aromatic amines is 1. The minimum Gasteiger partial charge on any atom is -0.352 e. The molecule has 2 aromatic heterocycles. The number of carbonyl (C=O) groups is 1. The number of para-hydroxylation sites is 1. The third kappa shape index (κ3) is 3.95. The number of benzene rings is 2. The molecule has 2 amide bonds. The Labute approximate surface area is 173 Å². The quantitative estimate of drug-likeness (QED) is 0.345. The van der Waals surface area contributed by atoms with Gasteiger partial charge < -0.3 is 15.6 Å². The highest BCUT2D eigenvalue weighted by molar-refractivity contribution is 6.36. The monoisotopic (exact) mass is 430 g/mol. The first kappa shape index (κ1) is 19.8. The molecule has 0 unspecified atom stereocenters. The zero-order valence-corrected chi connectivity index (χ0v) is 16.0. The fraction of sp³-hybridized carbons (Fsp3) is 0.0476. The molecule has 152 valence electrons. The zero-order chi connectivity index (χ0) is 21.3. The molecule has 0 atom stereocenters. The number of hydrogen-bond donors (Lipinski definition) is 3. The number of fused-ring (bicyclic) bond motifs is 1. The first-order chi connectivity index (χ1) is 14.3. The van der Waals surface area contributed by atoms with E-state index in [1.165, 1.54) is 12.1 Å². The maximum absolute atomic E-state index is 12.9. The predicted molar refractivity (Wildman–Crippen MR) is 111 cm³/mol. The number of nitrogens with one attached hydrogen (secondary N) is 3. The molecule has 0 spiro atoms. The first-order valence-corrected chi connectivity index (χ1v) is 9.16. The molecule has 9 heteroatoms. The highest BCUT2D eigenvalue weighted by atomic mass is 35.5. The Balaban J connectivity index is 1.68. The van der Waals surface area contributed by atoms with E-state index in [1.54, 1.807) is 42.7 Å². The lowest BCUT2D eigenvalue weighted by atomic mass is 10.1. The molecule has 4 rings (SSSR count). The lowest BCUT2D eigenvalue weighted by Crippen LogP contribution is -2.20. The van der Waals surface area contributed by atoms with E-state index in [-0.39, 0.29) is 5.69 Å². The Morgan fingerprint density at radius 1 is 1.00 bits per heavy atom. The highest BCUT2D eigenvalue weighted by Gasteiger charge is 2.30. The van der Waals surface area contributed by atoms with Crippen LogP contribution in [0, 0.1) is 0 Å². The van der Waals surface area contributed by atoms with Gasteiger partial charge in [0.2, 0.25) is 0 Å². The van der Waals surface area contributed by atoms with Crippen molar-refractivity contribution >= 4 is 39.9 Å². The molecule has 0 bridgehead atoms. The van der Waals surface area contributed by atoms with Crippen LogP contribution in [0.25, 0.3) is 22.2 Å². The Kier molecular flexibility index (Phi) is 5.09. The Bertz CT molecular complexity index is 1220. The molecule has 30 heavy (non-hydrogen) atoms. The largest absolute Gasteiger partial charge is 0.416 e. The second kappa shape index (κ2) is 7.72. The number of hydrogen-bond acceptors (Lipinski definition) is 2. The number of anilines is 2. The fourth-order valence-electron chi connectivity index (χ4n) is 3.10. The number of halogens is 4. The van der Waals surface area contributed by atoms with Crippen molar-refractivity contribution in [2.45, 2.75) is 6.18 Å². The van der Waals surface area contributed by atoms with Gasteiger partial charge in [0.25, 0.3) is 0 Å². The normalized spacial score (nSPS) is 11.5. The van der Waals surface area contributed by atoms with E-state index < -0.39 is 17.8 Å². The molecule has 0 saturated carbocycles. The summed E-state index contributed by atoms with van der Waals surface area (Å²) >= 11 is 6.28. The number of amides is 2. The second-order valence-electron chi connectivity index (χ2n) is 6.43. The average molecular weight is 431 g/mol. The van der Waals surface area contributed by atoms with Crippen molar-refractivity contribution in [3.8, 4) is 11.3 Å². The smallest absolute Gasteiger partial charge is 0.352 e. The summed E-state index contributed by atoms with van der Waals surface area (Å²) in [5.74, 6) is 0. The van der Waals surface area contributed by atoms with Crippen molar-refractivity contribution in [1.82, 2.24) is 9.97 Å². The van der Waals surface area contributed by atoms with Gasteiger partial charge in [-0.2, -0.15) is 13.2 Å². The van der Waals surface area contributed by atoms with Crippen molar-refractivity contribution in [3.05, 3.63) is 77.6 Å². The molecule has 3 N–H and O–H groups in total. The lowest BCUT2D eigenvalue weighted by molar-refractivity contribution is -0.137. The molecule has 2 aromatic carbocycles. The van der Waals surface area contributed by atoms with Crippen LogP contribution in [-0.4, -0.2) is 16.0 Å². The van der Waals surface area contributed by atoms with Crippen LogP contribution in [0.2, 0.25) is 5.02 Å². The van der Waals surface area contributed by atoms with Crippen LogP contribution in [0.4, 0.5) is 29.3 Å². The van der Waals surface area contributed by atoms with Crippen molar-refractivity contribution < 1.29 is 18.0 Å². The van der Waals surface area contributed by atoms with Gasteiger partial charge in [-0.1, -0.05) is 29.8 Å². The van der Waals surface area contributed by atoms with E-state index in [4.69, 9.17) is 11.6 Å². The van der Waals surface area contributed by atoms with E-state index in [9.17, 15) is 18.0 Å². The lowest BCUT2D eigenvalue weighted by Gasteiger charge is -2.11. The van der Waals surface area contributed by atoms with Gasteiger partial charge in [0.15, 0.2) is 0 Å². The zero-order valence-electron chi connectivity index (χ0n) is 15.2. The van der Waals surface area contributed by atoms with Crippen LogP contribution in [0.15, 0.2) is 67.0 Å². The maximum Gasteiger partial charge on any atom is 0.416 e. The summed E-state index contributed by atoms with van der Waals surface area (Å²) < 4.78 is 38.7. The maximum atomic E-state index is 12.9. The van der Waals surface area contributed by atoms with Gasteiger partial charge in [0, 0.05) is 29.0 Å². The Morgan fingerprint density at radius 2 is 1.73 bits per heavy atom. The van der Waals surface area contributed by atoms with Crippen LogP contribution >= 0.6 is 11.6 Å². The number of H-pyrrole nitrogens is 1. The van der Waals surface area contributed by atoms with Gasteiger partial charge in [0.1, 0.15) is 0 Å². The Morgan fingerprint density at radius 3 is 2.47 bits per heavy atom. The molecular formula is C21H14ClF3N4O. The molecule has 0 aliphatic carbocycles. The minimum absolute atomic E-state index is 0.0191. The van der Waals surface area contributed by atoms with Gasteiger partial charge in [0.05, 0.1) is 27.5 Å². The summed E-state index contributed by atoms with van der Waals surface area (Å²) in [6, 6.07) is 12.5. The molecule has 0 radical (unpaired) electrons. The number of pyridine rings is 1. The van der Waals surface area contributed by atoms with Crippen LogP contribution in [0.5, 0.6) is 0 Å². The van der Waals surface area contributed by atoms with Crippen molar-refractivity contribution in [3.63, 3.8) is 0 Å². The number of rotatable bonds is 3. The number of nitrogens with zero attached hydrogens (tertiary/aromatic N) is 1. The topological polar surface area (TPSA) is 69.8 Å². The molecule has 5 nitrogen and oxygen atoms in total. The molecule has 0 aliphatic heterocycles. The van der Waals surface area contributed by atoms with E-state index in [0.717, 1.165) is 17.7 Å². The summed E-state index contributed by atoms with van der Waals surface area (Å²) in [5, 5.41) is 6.29. The number of aromatic nitrogens is 2. The number of urea groups is 1. The van der Waals surface area contributed by atoms with E-state index in [0.29, 0.717) is 27.3 Å². The van der Waals surface area contributed by atoms with Gasteiger partial charge in [-0.15, -0.1) is 0 Å². The van der Waals surface area contributed by atoms with E-state index in [1.807, 2.05) is 0 Å². The third-order valence-corrected chi connectivity index (χ3v) is 4.75. The summed E-state index contributed by atoms with van der Waals surface area (Å²) in [5.41, 5.74) is 1.59. The van der Waals surface area contributed by atoms with Crippen molar-refractivity contribution in [2.24, 2.45) is 0 Å². The van der Waals surface area contributed by atoms with Crippen LogP contribution in [0.3, 0.4) is 0 Å². The van der Waals surface area contributed by atoms with E-state index in [2.05, 4.69) is 20.6 Å². The number of alkyl halides is 3. The summed E-state index contributed by atoms with van der Waals surface area (Å²) in [6.45, 7) is 0. The number of carbonyl (C=O) groups excluding carboxylic acids is 1. The molecule has 2 heterocycles. The van der Waals surface area contributed by atoms with Gasteiger partial charge in [-0.3, -0.25) is 4.98 Å². The van der Waals surface area contributed by atoms with Crippen molar-refractivity contribution in [2.75, 3.05) is 10.6 Å². The van der Waals surface area contributed by atoms with Crippen LogP contribution in [0.1, 0.15) is 5.56 Å². The standard InChI is InChI=1S/C21H14ClF3N4O/c22-16-6-2-5-15-18(16)28-17(12-7-9-26-10-8-12)19(15)29-20(30)27-14-4-1-3-13(11-14)21(23,24)25/h1-11,28H,(H2,27,29,30). The fourth-order valence-corrected chi connectivity index (χ4v) is 3.32. The minimum atomic E-state index is -4.50. The predicted octanol–water partition coefficient (Wildman–Crippen LogP) is 6.55. The molecular weight excluding hydrogens is 417 g/mol.